The van der Waals surface area contributed by atoms with Gasteiger partial charge in [-0.15, -0.1) is 0 Å². The zero-order valence-electron chi connectivity index (χ0n) is 8.33. The van der Waals surface area contributed by atoms with E-state index in [0.717, 1.165) is 17.7 Å². The summed E-state index contributed by atoms with van der Waals surface area (Å²) >= 11 is 0. The third-order valence-electron chi connectivity index (χ3n) is 1.88. The van der Waals surface area contributed by atoms with Gasteiger partial charge in [-0.1, -0.05) is 13.8 Å². The predicted octanol–water partition coefficient (Wildman–Crippen LogP) is 1.15. The van der Waals surface area contributed by atoms with Gasteiger partial charge in [0.05, 0.1) is 0 Å². The maximum absolute atomic E-state index is 5.74. The third-order valence-corrected chi connectivity index (χ3v) is 1.88. The maximum atomic E-state index is 5.74. The van der Waals surface area contributed by atoms with E-state index in [1.807, 2.05) is 6.92 Å². The van der Waals surface area contributed by atoms with E-state index < -0.39 is 0 Å². The van der Waals surface area contributed by atoms with Gasteiger partial charge in [0, 0.05) is 11.3 Å². The Morgan fingerprint density at radius 2 is 1.85 bits per heavy atom. The highest BCUT2D eigenvalue weighted by Crippen LogP contribution is 2.17. The van der Waals surface area contributed by atoms with Gasteiger partial charge in [-0.05, 0) is 19.3 Å². The molecule has 1 aromatic heterocycles. The van der Waals surface area contributed by atoms with E-state index in [4.69, 9.17) is 11.5 Å². The van der Waals surface area contributed by atoms with Gasteiger partial charge in [0.15, 0.2) is 0 Å². The number of hydrogen-bond acceptors (Lipinski definition) is 4. The topological polar surface area (TPSA) is 77.8 Å². The molecule has 0 saturated heterocycles. The molecule has 0 fully saturated rings. The van der Waals surface area contributed by atoms with Crippen LogP contribution in [-0.4, -0.2) is 9.97 Å². The standard InChI is InChI=1S/C9H16N4/c1-5(2)4-7-6(3)12-9(11)13-8(7)10/h5H,4H2,1-3H3,(H4,10,11,12,13). The monoisotopic (exact) mass is 180 g/mol. The molecule has 0 radical (unpaired) electrons. The van der Waals surface area contributed by atoms with E-state index in [1.54, 1.807) is 0 Å². The highest BCUT2D eigenvalue weighted by Gasteiger charge is 2.08. The molecule has 0 spiro atoms. The third kappa shape index (κ3) is 2.31. The van der Waals surface area contributed by atoms with E-state index in [2.05, 4.69) is 23.8 Å². The highest BCUT2D eigenvalue weighted by molar-refractivity contribution is 5.45. The van der Waals surface area contributed by atoms with E-state index in [1.165, 1.54) is 0 Å². The number of nitrogens with zero attached hydrogens (tertiary/aromatic N) is 2. The van der Waals surface area contributed by atoms with Crippen LogP contribution < -0.4 is 11.5 Å². The summed E-state index contributed by atoms with van der Waals surface area (Å²) in [6.07, 6.45) is 0.901. The molecular weight excluding hydrogens is 164 g/mol. The molecule has 1 heterocycles. The summed E-state index contributed by atoms with van der Waals surface area (Å²) in [6.45, 7) is 6.18. The molecule has 72 valence electrons. The summed E-state index contributed by atoms with van der Waals surface area (Å²) in [4.78, 5) is 8.01. The average Bonchev–Trinajstić information content (AvgIpc) is 1.96. The summed E-state index contributed by atoms with van der Waals surface area (Å²) in [5, 5.41) is 0. The SMILES string of the molecule is Cc1nc(N)nc(N)c1CC(C)C. The van der Waals surface area contributed by atoms with Crippen LogP contribution in [0.3, 0.4) is 0 Å². The Hall–Kier alpha value is -1.32. The molecule has 1 rings (SSSR count). The Balaban J connectivity index is 3.06. The molecule has 0 aliphatic heterocycles. The normalized spacial score (nSPS) is 10.8. The molecule has 4 N–H and O–H groups in total. The lowest BCUT2D eigenvalue weighted by Gasteiger charge is -2.10. The van der Waals surface area contributed by atoms with Crippen molar-refractivity contribution in [2.24, 2.45) is 5.92 Å². The molecule has 0 saturated carbocycles. The minimum atomic E-state index is 0.252. The molecule has 0 bridgehead atoms. The minimum Gasteiger partial charge on any atom is -0.383 e. The van der Waals surface area contributed by atoms with Crippen molar-refractivity contribution in [2.75, 3.05) is 11.5 Å². The van der Waals surface area contributed by atoms with Gasteiger partial charge in [-0.3, -0.25) is 0 Å². The Morgan fingerprint density at radius 1 is 1.23 bits per heavy atom. The molecule has 13 heavy (non-hydrogen) atoms. The van der Waals surface area contributed by atoms with Gasteiger partial charge >= 0.3 is 0 Å². The largest absolute Gasteiger partial charge is 0.383 e. The van der Waals surface area contributed by atoms with E-state index >= 15 is 0 Å². The van der Waals surface area contributed by atoms with Crippen molar-refractivity contribution in [3.8, 4) is 0 Å². The summed E-state index contributed by atoms with van der Waals surface area (Å²) in [5.74, 6) is 1.31. The van der Waals surface area contributed by atoms with Crippen molar-refractivity contribution in [2.45, 2.75) is 27.2 Å². The van der Waals surface area contributed by atoms with Gasteiger partial charge in [0.25, 0.3) is 0 Å². The first kappa shape index (κ1) is 9.77. The van der Waals surface area contributed by atoms with Gasteiger partial charge in [0.1, 0.15) is 5.82 Å². The van der Waals surface area contributed by atoms with Crippen LogP contribution in [0.5, 0.6) is 0 Å². The lowest BCUT2D eigenvalue weighted by Crippen LogP contribution is -2.09. The van der Waals surface area contributed by atoms with Gasteiger partial charge in [-0.25, -0.2) is 4.98 Å². The van der Waals surface area contributed by atoms with Crippen molar-refractivity contribution >= 4 is 11.8 Å². The van der Waals surface area contributed by atoms with Crippen LogP contribution in [0.15, 0.2) is 0 Å². The molecular formula is C9H16N4. The fourth-order valence-electron chi connectivity index (χ4n) is 1.30. The van der Waals surface area contributed by atoms with E-state index in [9.17, 15) is 0 Å². The van der Waals surface area contributed by atoms with Crippen LogP contribution in [0.25, 0.3) is 0 Å². The van der Waals surface area contributed by atoms with Crippen LogP contribution in [0, 0.1) is 12.8 Å². The summed E-state index contributed by atoms with van der Waals surface area (Å²) in [6, 6.07) is 0. The molecule has 0 atom stereocenters. The Bertz CT molecular complexity index is 283. The second-order valence-corrected chi connectivity index (χ2v) is 3.63. The summed E-state index contributed by atoms with van der Waals surface area (Å²) < 4.78 is 0. The van der Waals surface area contributed by atoms with Crippen molar-refractivity contribution in [3.05, 3.63) is 11.3 Å². The minimum absolute atomic E-state index is 0.252. The predicted molar refractivity (Wildman–Crippen MR) is 54.1 cm³/mol. The first-order chi connectivity index (χ1) is 6.00. The molecule has 0 aliphatic carbocycles. The quantitative estimate of drug-likeness (QED) is 0.715. The molecule has 0 aromatic carbocycles. The maximum Gasteiger partial charge on any atom is 0.222 e. The Morgan fingerprint density at radius 3 is 2.31 bits per heavy atom. The zero-order valence-corrected chi connectivity index (χ0v) is 8.33. The summed E-state index contributed by atoms with van der Waals surface area (Å²) in [5.41, 5.74) is 13.1. The van der Waals surface area contributed by atoms with E-state index in [0.29, 0.717) is 11.7 Å². The molecule has 4 heteroatoms. The fourth-order valence-corrected chi connectivity index (χ4v) is 1.30. The highest BCUT2D eigenvalue weighted by atomic mass is 15.0. The lowest BCUT2D eigenvalue weighted by atomic mass is 10.0. The van der Waals surface area contributed by atoms with Crippen LogP contribution in [-0.2, 0) is 6.42 Å². The van der Waals surface area contributed by atoms with Crippen LogP contribution in [0.1, 0.15) is 25.1 Å². The number of nitrogens with two attached hydrogens (primary N) is 2. The van der Waals surface area contributed by atoms with Gasteiger partial charge in [0.2, 0.25) is 5.95 Å². The number of hydrogen-bond donors (Lipinski definition) is 2. The molecule has 0 aliphatic rings. The summed E-state index contributed by atoms with van der Waals surface area (Å²) in [7, 11) is 0. The number of aromatic nitrogens is 2. The van der Waals surface area contributed by atoms with Crippen molar-refractivity contribution in [3.63, 3.8) is 0 Å². The number of anilines is 2. The Kier molecular flexibility index (Phi) is 2.70. The van der Waals surface area contributed by atoms with E-state index in [-0.39, 0.29) is 5.95 Å². The van der Waals surface area contributed by atoms with Crippen molar-refractivity contribution < 1.29 is 0 Å². The lowest BCUT2D eigenvalue weighted by molar-refractivity contribution is 0.642. The fraction of sp³-hybridized carbons (Fsp3) is 0.556. The molecule has 0 unspecified atom stereocenters. The number of nitrogen functional groups attached to an aromatic ring is 2. The Labute approximate surface area is 78.4 Å². The smallest absolute Gasteiger partial charge is 0.222 e. The van der Waals surface area contributed by atoms with Gasteiger partial charge < -0.3 is 11.5 Å². The van der Waals surface area contributed by atoms with Crippen LogP contribution >= 0.6 is 0 Å². The van der Waals surface area contributed by atoms with Crippen LogP contribution in [0.2, 0.25) is 0 Å². The number of rotatable bonds is 2. The molecule has 0 amide bonds. The van der Waals surface area contributed by atoms with Crippen molar-refractivity contribution in [1.82, 2.24) is 9.97 Å². The first-order valence-corrected chi connectivity index (χ1v) is 4.39. The molecule has 1 aromatic rings. The second kappa shape index (κ2) is 3.60. The first-order valence-electron chi connectivity index (χ1n) is 4.39. The van der Waals surface area contributed by atoms with Crippen LogP contribution in [0.4, 0.5) is 11.8 Å². The van der Waals surface area contributed by atoms with Crippen molar-refractivity contribution in [1.29, 1.82) is 0 Å². The van der Waals surface area contributed by atoms with Gasteiger partial charge in [-0.2, -0.15) is 4.98 Å². The molecule has 4 nitrogen and oxygen atoms in total. The average molecular weight is 180 g/mol. The number of aryl methyl sites for hydroxylation is 1. The zero-order chi connectivity index (χ0) is 10.0. The second-order valence-electron chi connectivity index (χ2n) is 3.63.